The van der Waals surface area contributed by atoms with E-state index < -0.39 is 0 Å². The zero-order valence-corrected chi connectivity index (χ0v) is 13.0. The lowest BCUT2D eigenvalue weighted by molar-refractivity contribution is -0.00565. The van der Waals surface area contributed by atoms with Crippen molar-refractivity contribution in [3.63, 3.8) is 0 Å². The molecule has 0 saturated carbocycles. The second kappa shape index (κ2) is 6.88. The van der Waals surface area contributed by atoms with Gasteiger partial charge in [0.2, 0.25) is 0 Å². The van der Waals surface area contributed by atoms with Gasteiger partial charge in [-0.1, -0.05) is 20.8 Å². The van der Waals surface area contributed by atoms with Crippen LogP contribution in [-0.2, 0) is 4.74 Å². The Labute approximate surface area is 113 Å². The molecule has 1 heterocycles. The molecule has 1 aliphatic heterocycles. The van der Waals surface area contributed by atoms with Gasteiger partial charge in [0.15, 0.2) is 0 Å². The topological polar surface area (TPSA) is 24.5 Å². The lowest BCUT2D eigenvalue weighted by Crippen LogP contribution is -2.68. The molecule has 1 saturated heterocycles. The highest BCUT2D eigenvalue weighted by molar-refractivity contribution is 5.00. The number of ether oxygens (including phenoxy) is 1. The summed E-state index contributed by atoms with van der Waals surface area (Å²) in [7, 11) is 0. The Kier molecular flexibility index (Phi) is 6.09. The Morgan fingerprint density at radius 2 is 1.83 bits per heavy atom. The Morgan fingerprint density at radius 3 is 2.39 bits per heavy atom. The van der Waals surface area contributed by atoms with Crippen LogP contribution in [0.3, 0.4) is 0 Å². The molecular formula is C15H32N2O. The van der Waals surface area contributed by atoms with Crippen LogP contribution in [-0.4, -0.2) is 48.8 Å². The summed E-state index contributed by atoms with van der Waals surface area (Å²) in [5, 5.41) is 3.74. The second-order valence-corrected chi connectivity index (χ2v) is 6.15. The van der Waals surface area contributed by atoms with Crippen molar-refractivity contribution in [2.45, 2.75) is 65.0 Å². The van der Waals surface area contributed by atoms with Gasteiger partial charge in [-0.2, -0.15) is 0 Å². The van der Waals surface area contributed by atoms with Crippen LogP contribution in [0.5, 0.6) is 0 Å². The lowest BCUT2D eigenvalue weighted by atomic mass is 9.86. The number of hydrogen-bond donors (Lipinski definition) is 1. The molecule has 2 unspecified atom stereocenters. The van der Waals surface area contributed by atoms with E-state index in [0.29, 0.717) is 0 Å². The molecule has 1 aliphatic rings. The highest BCUT2D eigenvalue weighted by Crippen LogP contribution is 2.27. The first-order chi connectivity index (χ1) is 8.49. The van der Waals surface area contributed by atoms with E-state index in [0.717, 1.165) is 39.3 Å². The van der Waals surface area contributed by atoms with Crippen LogP contribution in [0.1, 0.15) is 53.9 Å². The normalized spacial score (nSPS) is 33.8. The molecule has 2 atom stereocenters. The van der Waals surface area contributed by atoms with E-state index in [9.17, 15) is 0 Å². The zero-order chi connectivity index (χ0) is 13.6. The molecule has 0 amide bonds. The van der Waals surface area contributed by atoms with Gasteiger partial charge in [-0.05, 0) is 33.1 Å². The summed E-state index contributed by atoms with van der Waals surface area (Å²) < 4.78 is 5.66. The molecule has 3 heteroatoms. The molecule has 0 aromatic carbocycles. The minimum atomic E-state index is 0.263. The Bertz CT molecular complexity index is 247. The van der Waals surface area contributed by atoms with Gasteiger partial charge in [-0.3, -0.25) is 4.90 Å². The number of hydrogen-bond acceptors (Lipinski definition) is 3. The summed E-state index contributed by atoms with van der Waals surface area (Å²) in [6.45, 7) is 16.5. The van der Waals surface area contributed by atoms with E-state index in [1.165, 1.54) is 12.8 Å². The first kappa shape index (κ1) is 15.9. The molecule has 18 heavy (non-hydrogen) atoms. The van der Waals surface area contributed by atoms with Crippen LogP contribution < -0.4 is 5.32 Å². The Balaban J connectivity index is 2.56. The highest BCUT2D eigenvalue weighted by Gasteiger charge is 2.40. The predicted octanol–water partition coefficient (Wildman–Crippen LogP) is 2.66. The van der Waals surface area contributed by atoms with Crippen molar-refractivity contribution in [3.05, 3.63) is 0 Å². The molecule has 0 bridgehead atoms. The van der Waals surface area contributed by atoms with Crippen LogP contribution in [0.2, 0.25) is 0 Å². The van der Waals surface area contributed by atoms with Crippen molar-refractivity contribution >= 4 is 0 Å². The van der Waals surface area contributed by atoms with E-state index in [1.54, 1.807) is 0 Å². The average Bonchev–Trinajstić information content (AvgIpc) is 2.39. The molecule has 3 nitrogen and oxygen atoms in total. The second-order valence-electron chi connectivity index (χ2n) is 6.15. The average molecular weight is 256 g/mol. The molecule has 0 radical (unpaired) electrons. The zero-order valence-electron chi connectivity index (χ0n) is 13.0. The minimum Gasteiger partial charge on any atom is -0.380 e. The predicted molar refractivity (Wildman–Crippen MR) is 78.1 cm³/mol. The number of nitrogens with zero attached hydrogens (tertiary/aromatic N) is 1. The Hall–Kier alpha value is -0.120. The van der Waals surface area contributed by atoms with Gasteiger partial charge in [-0.15, -0.1) is 0 Å². The number of piperazine rings is 1. The monoisotopic (exact) mass is 256 g/mol. The molecule has 1 fully saturated rings. The summed E-state index contributed by atoms with van der Waals surface area (Å²) >= 11 is 0. The molecule has 108 valence electrons. The largest absolute Gasteiger partial charge is 0.380 e. The smallest absolute Gasteiger partial charge is 0.0593 e. The summed E-state index contributed by atoms with van der Waals surface area (Å²) in [6, 6.07) is 0. The molecular weight excluding hydrogens is 224 g/mol. The first-order valence-electron chi connectivity index (χ1n) is 7.57. The van der Waals surface area contributed by atoms with Crippen molar-refractivity contribution in [3.8, 4) is 0 Å². The quantitative estimate of drug-likeness (QED) is 0.709. The van der Waals surface area contributed by atoms with Crippen molar-refractivity contribution in [2.24, 2.45) is 0 Å². The van der Waals surface area contributed by atoms with Crippen LogP contribution in [0.4, 0.5) is 0 Å². The van der Waals surface area contributed by atoms with E-state index in [1.807, 2.05) is 0 Å². The maximum Gasteiger partial charge on any atom is 0.0593 e. The van der Waals surface area contributed by atoms with Crippen LogP contribution in [0.25, 0.3) is 0 Å². The fourth-order valence-corrected chi connectivity index (χ4v) is 2.54. The lowest BCUT2D eigenvalue weighted by Gasteiger charge is -2.52. The third-order valence-corrected chi connectivity index (χ3v) is 4.60. The van der Waals surface area contributed by atoms with Crippen LogP contribution >= 0.6 is 0 Å². The molecule has 0 aromatic rings. The SMILES string of the molecule is CCCOCCN1CC(C)(CC)NCC1(C)CC. The number of nitrogens with one attached hydrogen (secondary N) is 1. The van der Waals surface area contributed by atoms with Gasteiger partial charge < -0.3 is 10.1 Å². The first-order valence-corrected chi connectivity index (χ1v) is 7.57. The van der Waals surface area contributed by atoms with E-state index in [4.69, 9.17) is 4.74 Å². The maximum atomic E-state index is 5.66. The van der Waals surface area contributed by atoms with Gasteiger partial charge in [0, 0.05) is 37.3 Å². The van der Waals surface area contributed by atoms with Gasteiger partial charge >= 0.3 is 0 Å². The van der Waals surface area contributed by atoms with Gasteiger partial charge in [0.05, 0.1) is 6.61 Å². The van der Waals surface area contributed by atoms with Gasteiger partial charge in [0.25, 0.3) is 0 Å². The molecule has 1 N–H and O–H groups in total. The van der Waals surface area contributed by atoms with Crippen molar-refractivity contribution in [2.75, 3.05) is 32.8 Å². The van der Waals surface area contributed by atoms with Gasteiger partial charge in [0.1, 0.15) is 0 Å². The summed E-state index contributed by atoms with van der Waals surface area (Å²) in [4.78, 5) is 2.63. The molecule has 1 rings (SSSR count). The van der Waals surface area contributed by atoms with E-state index in [-0.39, 0.29) is 11.1 Å². The third-order valence-electron chi connectivity index (χ3n) is 4.60. The van der Waals surface area contributed by atoms with Gasteiger partial charge in [-0.25, -0.2) is 0 Å². The van der Waals surface area contributed by atoms with Crippen LogP contribution in [0, 0.1) is 0 Å². The standard InChI is InChI=1S/C15H32N2O/c1-6-10-18-11-9-17-13-14(4,7-2)16-12-15(17,5)8-3/h16H,6-13H2,1-5H3. The van der Waals surface area contributed by atoms with Crippen molar-refractivity contribution in [1.29, 1.82) is 0 Å². The fourth-order valence-electron chi connectivity index (χ4n) is 2.54. The summed E-state index contributed by atoms with van der Waals surface area (Å²) in [5.41, 5.74) is 0.545. The molecule has 0 aliphatic carbocycles. The number of rotatable bonds is 7. The van der Waals surface area contributed by atoms with E-state index >= 15 is 0 Å². The summed E-state index contributed by atoms with van der Waals surface area (Å²) in [5.74, 6) is 0. The van der Waals surface area contributed by atoms with Crippen molar-refractivity contribution < 1.29 is 4.74 Å². The minimum absolute atomic E-state index is 0.263. The molecule has 0 spiro atoms. The van der Waals surface area contributed by atoms with Crippen molar-refractivity contribution in [1.82, 2.24) is 10.2 Å². The third kappa shape index (κ3) is 3.94. The fraction of sp³-hybridized carbons (Fsp3) is 1.00. The van der Waals surface area contributed by atoms with Crippen LogP contribution in [0.15, 0.2) is 0 Å². The van der Waals surface area contributed by atoms with E-state index in [2.05, 4.69) is 44.8 Å². The summed E-state index contributed by atoms with van der Waals surface area (Å²) in [6.07, 6.45) is 3.48. The maximum absolute atomic E-state index is 5.66. The molecule has 0 aromatic heterocycles. The highest BCUT2D eigenvalue weighted by atomic mass is 16.5. The Morgan fingerprint density at radius 1 is 1.11 bits per heavy atom.